The van der Waals surface area contributed by atoms with Crippen molar-refractivity contribution in [2.45, 2.75) is 6.92 Å². The maximum absolute atomic E-state index is 12.9. The van der Waals surface area contributed by atoms with Gasteiger partial charge in [0.25, 0.3) is 0 Å². The Hall–Kier alpha value is -2.79. The van der Waals surface area contributed by atoms with Gasteiger partial charge in [0, 0.05) is 35.1 Å². The van der Waals surface area contributed by atoms with Crippen LogP contribution >= 0.6 is 11.6 Å². The van der Waals surface area contributed by atoms with E-state index in [2.05, 4.69) is 10.3 Å². The number of hydrogen-bond acceptors (Lipinski definition) is 2. The Morgan fingerprint density at radius 2 is 1.88 bits per heavy atom. The number of hydrogen-bond donors (Lipinski definition) is 2. The van der Waals surface area contributed by atoms with Gasteiger partial charge in [0.2, 0.25) is 5.78 Å². The first kappa shape index (κ1) is 17.0. The lowest BCUT2D eigenvalue weighted by atomic mass is 10.1. The molecule has 1 heterocycles. The molecule has 0 aliphatic rings. The molecule has 128 valence electrons. The summed E-state index contributed by atoms with van der Waals surface area (Å²) in [6, 6.07) is 13.9. The second-order valence-electron chi connectivity index (χ2n) is 5.70. The Morgan fingerprint density at radius 1 is 1.16 bits per heavy atom. The molecule has 3 aromatic rings. The maximum atomic E-state index is 12.9. The van der Waals surface area contributed by atoms with Crippen molar-refractivity contribution in [2.75, 3.05) is 18.9 Å². The molecule has 25 heavy (non-hydrogen) atoms. The Labute approximate surface area is 150 Å². The number of ketones is 1. The molecule has 0 atom stereocenters. The van der Waals surface area contributed by atoms with Crippen LogP contribution in [0.2, 0.25) is 5.02 Å². The number of fused-ring (bicyclic) bond motifs is 1. The molecule has 0 saturated heterocycles. The summed E-state index contributed by atoms with van der Waals surface area (Å²) in [6.07, 6.45) is 0. The smallest absolute Gasteiger partial charge is 0.321 e. The molecule has 0 bridgehead atoms. The summed E-state index contributed by atoms with van der Waals surface area (Å²) in [4.78, 5) is 29.9. The van der Waals surface area contributed by atoms with Gasteiger partial charge in [-0.05, 0) is 25.1 Å². The Bertz CT molecular complexity index is 934. The van der Waals surface area contributed by atoms with Crippen molar-refractivity contribution in [1.29, 1.82) is 0 Å². The molecule has 5 nitrogen and oxygen atoms in total. The van der Waals surface area contributed by atoms with Crippen LogP contribution in [0.25, 0.3) is 10.9 Å². The average molecular weight is 356 g/mol. The first-order valence-electron chi connectivity index (χ1n) is 7.94. The fraction of sp³-hybridized carbons (Fsp3) is 0.158. The second-order valence-corrected chi connectivity index (χ2v) is 6.14. The van der Waals surface area contributed by atoms with Crippen molar-refractivity contribution in [3.63, 3.8) is 0 Å². The third-order valence-electron chi connectivity index (χ3n) is 4.08. The third kappa shape index (κ3) is 3.37. The van der Waals surface area contributed by atoms with Crippen LogP contribution in [0.5, 0.6) is 0 Å². The number of carbonyl (C=O) groups excluding carboxylic acids is 2. The molecule has 0 fully saturated rings. The van der Waals surface area contributed by atoms with Crippen LogP contribution < -0.4 is 5.32 Å². The van der Waals surface area contributed by atoms with Gasteiger partial charge in [0.15, 0.2) is 0 Å². The monoisotopic (exact) mass is 355 g/mol. The van der Waals surface area contributed by atoms with Crippen molar-refractivity contribution in [3.8, 4) is 0 Å². The van der Waals surface area contributed by atoms with Crippen LogP contribution in [0.4, 0.5) is 10.5 Å². The first-order valence-corrected chi connectivity index (χ1v) is 8.32. The average Bonchev–Trinajstić information content (AvgIpc) is 2.98. The Kier molecular flexibility index (Phi) is 4.76. The van der Waals surface area contributed by atoms with Gasteiger partial charge in [0.1, 0.15) is 5.69 Å². The number of urea groups is 1. The highest BCUT2D eigenvalue weighted by Gasteiger charge is 2.21. The number of nitrogens with zero attached hydrogens (tertiary/aromatic N) is 1. The van der Waals surface area contributed by atoms with E-state index in [4.69, 9.17) is 11.6 Å². The number of rotatable bonds is 4. The number of H-pyrrole nitrogens is 1. The molecule has 2 amide bonds. The van der Waals surface area contributed by atoms with E-state index < -0.39 is 0 Å². The molecule has 6 heteroatoms. The van der Waals surface area contributed by atoms with Gasteiger partial charge in [0.05, 0.1) is 5.69 Å². The number of halogens is 1. The highest BCUT2D eigenvalue weighted by atomic mass is 35.5. The highest BCUT2D eigenvalue weighted by molar-refractivity contribution is 6.31. The normalized spacial score (nSPS) is 10.7. The van der Waals surface area contributed by atoms with Crippen LogP contribution in [0.3, 0.4) is 0 Å². The molecule has 1 aromatic heterocycles. The van der Waals surface area contributed by atoms with E-state index in [-0.39, 0.29) is 11.8 Å². The van der Waals surface area contributed by atoms with Crippen molar-refractivity contribution in [3.05, 3.63) is 64.8 Å². The minimum Gasteiger partial charge on any atom is -0.350 e. The van der Waals surface area contributed by atoms with Crippen LogP contribution in [-0.2, 0) is 0 Å². The minimum atomic E-state index is -0.277. The molecule has 2 N–H and O–H groups in total. The molecule has 0 spiro atoms. The largest absolute Gasteiger partial charge is 0.350 e. The summed E-state index contributed by atoms with van der Waals surface area (Å²) < 4.78 is 0. The molecule has 3 rings (SSSR count). The van der Waals surface area contributed by atoms with Crippen LogP contribution in [0, 0.1) is 0 Å². The maximum Gasteiger partial charge on any atom is 0.321 e. The predicted octanol–water partition coefficient (Wildman–Crippen LogP) is 4.54. The van der Waals surface area contributed by atoms with Gasteiger partial charge in [-0.3, -0.25) is 4.79 Å². The summed E-state index contributed by atoms with van der Waals surface area (Å²) in [5.41, 5.74) is 2.04. The molecule has 0 saturated carbocycles. The number of nitrogens with one attached hydrogen (secondary N) is 2. The molecular formula is C19H18ClN3O2. The van der Waals surface area contributed by atoms with Crippen LogP contribution in [0.15, 0.2) is 48.5 Å². The zero-order valence-corrected chi connectivity index (χ0v) is 14.7. The van der Waals surface area contributed by atoms with E-state index >= 15 is 0 Å². The SMILES string of the molecule is CCN(C)C(=O)Nc1c(C(=O)c2ccccc2)[nH]c2cc(Cl)ccc12. The number of aromatic amines is 1. The molecular weight excluding hydrogens is 338 g/mol. The van der Waals surface area contributed by atoms with E-state index in [0.29, 0.717) is 34.0 Å². The number of carbonyl (C=O) groups is 2. The first-order chi connectivity index (χ1) is 12.0. The number of anilines is 1. The summed E-state index contributed by atoms with van der Waals surface area (Å²) in [6.45, 7) is 2.44. The van der Waals surface area contributed by atoms with E-state index in [1.54, 1.807) is 49.5 Å². The van der Waals surface area contributed by atoms with Crippen molar-refractivity contribution in [1.82, 2.24) is 9.88 Å². The van der Waals surface area contributed by atoms with Crippen molar-refractivity contribution < 1.29 is 9.59 Å². The fourth-order valence-electron chi connectivity index (χ4n) is 2.55. The van der Waals surface area contributed by atoms with Gasteiger partial charge in [-0.15, -0.1) is 0 Å². The number of amides is 2. The zero-order valence-electron chi connectivity index (χ0n) is 14.0. The van der Waals surface area contributed by atoms with E-state index in [1.807, 2.05) is 13.0 Å². The van der Waals surface area contributed by atoms with Crippen molar-refractivity contribution >= 4 is 40.0 Å². The van der Waals surface area contributed by atoms with Gasteiger partial charge >= 0.3 is 6.03 Å². The second kappa shape index (κ2) is 6.99. The lowest BCUT2D eigenvalue weighted by molar-refractivity contribution is 0.103. The lowest BCUT2D eigenvalue weighted by Crippen LogP contribution is -2.31. The fourth-order valence-corrected chi connectivity index (χ4v) is 2.72. The molecule has 0 radical (unpaired) electrons. The highest BCUT2D eigenvalue weighted by Crippen LogP contribution is 2.31. The molecule has 0 aliphatic heterocycles. The summed E-state index contributed by atoms with van der Waals surface area (Å²) in [5.74, 6) is -0.192. The number of benzene rings is 2. The summed E-state index contributed by atoms with van der Waals surface area (Å²) >= 11 is 6.05. The van der Waals surface area contributed by atoms with Crippen molar-refractivity contribution in [2.24, 2.45) is 0 Å². The van der Waals surface area contributed by atoms with E-state index in [0.717, 1.165) is 5.39 Å². The predicted molar refractivity (Wildman–Crippen MR) is 101 cm³/mol. The number of aromatic nitrogens is 1. The third-order valence-corrected chi connectivity index (χ3v) is 4.31. The Morgan fingerprint density at radius 3 is 2.56 bits per heavy atom. The van der Waals surface area contributed by atoms with Gasteiger partial charge in [-0.2, -0.15) is 0 Å². The standard InChI is InChI=1S/C19H18ClN3O2/c1-3-23(2)19(25)22-16-14-10-9-13(20)11-15(14)21-17(16)18(24)12-7-5-4-6-8-12/h4-11,21H,3H2,1-2H3,(H,22,25). The van der Waals surface area contributed by atoms with Gasteiger partial charge < -0.3 is 15.2 Å². The van der Waals surface area contributed by atoms with E-state index in [9.17, 15) is 9.59 Å². The van der Waals surface area contributed by atoms with E-state index in [1.165, 1.54) is 4.90 Å². The summed E-state index contributed by atoms with van der Waals surface area (Å²) in [7, 11) is 1.69. The lowest BCUT2D eigenvalue weighted by Gasteiger charge is -2.16. The quantitative estimate of drug-likeness (QED) is 0.675. The Balaban J connectivity index is 2.11. The molecule has 0 aliphatic carbocycles. The minimum absolute atomic E-state index is 0.192. The molecule has 0 unspecified atom stereocenters. The molecule has 2 aromatic carbocycles. The topological polar surface area (TPSA) is 65.2 Å². The zero-order chi connectivity index (χ0) is 18.0. The van der Waals surface area contributed by atoms with Gasteiger partial charge in [-0.25, -0.2) is 4.79 Å². The van der Waals surface area contributed by atoms with Gasteiger partial charge in [-0.1, -0.05) is 41.9 Å². The van der Waals surface area contributed by atoms with Crippen LogP contribution in [0.1, 0.15) is 23.0 Å². The van der Waals surface area contributed by atoms with Crippen LogP contribution in [-0.4, -0.2) is 35.3 Å². The summed E-state index contributed by atoms with van der Waals surface area (Å²) in [5, 5.41) is 4.14.